The molecule has 0 spiro atoms. The summed E-state index contributed by atoms with van der Waals surface area (Å²) in [6.45, 7) is 7.12. The average Bonchev–Trinajstić information content (AvgIpc) is 2.60. The minimum Gasteiger partial charge on any atom is -0.463 e. The topological polar surface area (TPSA) is 84.3 Å². The third-order valence-electron chi connectivity index (χ3n) is 4.42. The molecule has 0 fully saturated rings. The highest BCUT2D eigenvalue weighted by Crippen LogP contribution is 2.35. The van der Waals surface area contributed by atoms with Crippen molar-refractivity contribution in [3.63, 3.8) is 0 Å². The van der Waals surface area contributed by atoms with Crippen LogP contribution in [0.3, 0.4) is 0 Å². The summed E-state index contributed by atoms with van der Waals surface area (Å²) < 4.78 is 10.2. The average molecular weight is 333 g/mol. The van der Waals surface area contributed by atoms with Gasteiger partial charge in [-0.05, 0) is 42.3 Å². The van der Waals surface area contributed by atoms with Crippen LogP contribution in [-0.2, 0) is 20.8 Å². The maximum Gasteiger partial charge on any atom is 0.311 e. The SMILES string of the molecule is CCC(C)(CC(C)c1ccc(CN=[N+]=[N-])cc1)C(=O)OCCOC. The molecule has 24 heavy (non-hydrogen) atoms. The molecule has 0 aliphatic rings. The Morgan fingerprint density at radius 3 is 2.54 bits per heavy atom. The second-order valence-electron chi connectivity index (χ2n) is 6.28. The van der Waals surface area contributed by atoms with Crippen molar-refractivity contribution < 1.29 is 14.3 Å². The van der Waals surface area contributed by atoms with E-state index in [4.69, 9.17) is 15.0 Å². The standard InChI is InChI=1S/C18H27N3O3/c1-5-18(3,17(22)24-11-10-23-4)12-14(2)16-8-6-15(7-9-16)13-20-21-19/h6-9,14H,5,10-13H2,1-4H3. The van der Waals surface area contributed by atoms with Gasteiger partial charge in [0.1, 0.15) is 6.61 Å². The highest BCUT2D eigenvalue weighted by atomic mass is 16.6. The quantitative estimate of drug-likeness (QED) is 0.206. The first-order valence-electron chi connectivity index (χ1n) is 8.22. The fourth-order valence-corrected chi connectivity index (χ4v) is 2.62. The Balaban J connectivity index is 2.73. The van der Waals surface area contributed by atoms with Crippen molar-refractivity contribution in [1.29, 1.82) is 0 Å². The number of ether oxygens (including phenoxy) is 2. The lowest BCUT2D eigenvalue weighted by molar-refractivity contribution is -0.157. The molecular weight excluding hydrogens is 306 g/mol. The zero-order chi connectivity index (χ0) is 18.0. The zero-order valence-corrected chi connectivity index (χ0v) is 15.0. The third kappa shape index (κ3) is 5.87. The van der Waals surface area contributed by atoms with Gasteiger partial charge in [-0.25, -0.2) is 0 Å². The number of azide groups is 1. The lowest BCUT2D eigenvalue weighted by atomic mass is 9.77. The highest BCUT2D eigenvalue weighted by Gasteiger charge is 2.34. The molecule has 132 valence electrons. The van der Waals surface area contributed by atoms with Crippen LogP contribution in [0.4, 0.5) is 0 Å². The van der Waals surface area contributed by atoms with Gasteiger partial charge in [0.05, 0.1) is 18.6 Å². The largest absolute Gasteiger partial charge is 0.463 e. The predicted octanol–water partition coefficient (Wildman–Crippen LogP) is 4.60. The van der Waals surface area contributed by atoms with Gasteiger partial charge in [-0.15, -0.1) is 0 Å². The van der Waals surface area contributed by atoms with E-state index in [1.54, 1.807) is 7.11 Å². The van der Waals surface area contributed by atoms with Crippen molar-refractivity contribution in [2.24, 2.45) is 10.5 Å². The zero-order valence-electron chi connectivity index (χ0n) is 15.0. The molecule has 6 heteroatoms. The summed E-state index contributed by atoms with van der Waals surface area (Å²) in [5, 5.41) is 3.56. The van der Waals surface area contributed by atoms with Crippen molar-refractivity contribution in [2.45, 2.75) is 46.1 Å². The summed E-state index contributed by atoms with van der Waals surface area (Å²) >= 11 is 0. The summed E-state index contributed by atoms with van der Waals surface area (Å²) in [5.74, 6) is 0.0484. The maximum atomic E-state index is 12.4. The van der Waals surface area contributed by atoms with E-state index in [1.165, 1.54) is 0 Å². The number of methoxy groups -OCH3 is 1. The van der Waals surface area contributed by atoms with E-state index < -0.39 is 5.41 Å². The third-order valence-corrected chi connectivity index (χ3v) is 4.42. The van der Waals surface area contributed by atoms with Crippen molar-refractivity contribution in [2.75, 3.05) is 20.3 Å². The minimum atomic E-state index is -0.517. The maximum absolute atomic E-state index is 12.4. The Hall–Kier alpha value is -2.04. The molecule has 0 aliphatic heterocycles. The normalized spacial score (nSPS) is 14.3. The van der Waals surface area contributed by atoms with E-state index in [2.05, 4.69) is 16.9 Å². The molecule has 0 aromatic heterocycles. The number of esters is 1. The van der Waals surface area contributed by atoms with Crippen LogP contribution in [-0.4, -0.2) is 26.3 Å². The van der Waals surface area contributed by atoms with E-state index in [-0.39, 0.29) is 18.5 Å². The lowest BCUT2D eigenvalue weighted by Crippen LogP contribution is -2.31. The Bertz CT molecular complexity index is 567. The molecule has 0 saturated carbocycles. The van der Waals surface area contributed by atoms with E-state index in [1.807, 2.05) is 38.1 Å². The molecule has 1 rings (SSSR count). The minimum absolute atomic E-state index is 0.172. The fraction of sp³-hybridized carbons (Fsp3) is 0.611. The first-order chi connectivity index (χ1) is 11.5. The molecule has 0 bridgehead atoms. The summed E-state index contributed by atoms with van der Waals surface area (Å²) in [7, 11) is 1.58. The van der Waals surface area contributed by atoms with E-state index in [0.717, 1.165) is 17.5 Å². The second-order valence-corrected chi connectivity index (χ2v) is 6.28. The molecule has 0 radical (unpaired) electrons. The molecule has 0 saturated heterocycles. The van der Waals surface area contributed by atoms with Gasteiger partial charge in [-0.1, -0.05) is 43.2 Å². The van der Waals surface area contributed by atoms with Crippen LogP contribution in [0.2, 0.25) is 0 Å². The van der Waals surface area contributed by atoms with Gasteiger partial charge < -0.3 is 9.47 Å². The van der Waals surface area contributed by atoms with E-state index in [9.17, 15) is 4.79 Å². The molecule has 0 amide bonds. The van der Waals surface area contributed by atoms with Crippen LogP contribution >= 0.6 is 0 Å². The lowest BCUT2D eigenvalue weighted by Gasteiger charge is -2.29. The molecule has 0 N–H and O–H groups in total. The number of rotatable bonds is 10. The molecule has 6 nitrogen and oxygen atoms in total. The Labute approximate surface area is 143 Å². The highest BCUT2D eigenvalue weighted by molar-refractivity contribution is 5.76. The van der Waals surface area contributed by atoms with Crippen LogP contribution in [0.5, 0.6) is 0 Å². The fourth-order valence-electron chi connectivity index (χ4n) is 2.62. The summed E-state index contributed by atoms with van der Waals surface area (Å²) in [6.07, 6.45) is 1.43. The van der Waals surface area contributed by atoms with Crippen molar-refractivity contribution in [3.05, 3.63) is 45.8 Å². The molecule has 0 heterocycles. The molecular formula is C18H27N3O3. The monoisotopic (exact) mass is 333 g/mol. The Morgan fingerprint density at radius 1 is 1.33 bits per heavy atom. The number of hydrogen-bond acceptors (Lipinski definition) is 4. The molecule has 1 aromatic carbocycles. The summed E-state index contributed by atoms with van der Waals surface area (Å²) in [6, 6.07) is 7.97. The van der Waals surface area contributed by atoms with Gasteiger partial charge >= 0.3 is 5.97 Å². The first kappa shape index (κ1) is 20.0. The van der Waals surface area contributed by atoms with Crippen LogP contribution < -0.4 is 0 Å². The second kappa shape index (κ2) is 9.96. The number of benzene rings is 1. The van der Waals surface area contributed by atoms with E-state index >= 15 is 0 Å². The van der Waals surface area contributed by atoms with Crippen LogP contribution in [0.25, 0.3) is 10.4 Å². The molecule has 1 aromatic rings. The number of carbonyl (C=O) groups is 1. The number of nitrogens with zero attached hydrogens (tertiary/aromatic N) is 3. The Kier molecular flexibility index (Phi) is 8.30. The summed E-state index contributed by atoms with van der Waals surface area (Å²) in [5.41, 5.74) is 9.97. The van der Waals surface area contributed by atoms with Gasteiger partial charge in [0.15, 0.2) is 0 Å². The molecule has 2 atom stereocenters. The van der Waals surface area contributed by atoms with Gasteiger partial charge in [0.25, 0.3) is 0 Å². The van der Waals surface area contributed by atoms with Crippen LogP contribution in [0.15, 0.2) is 29.4 Å². The summed E-state index contributed by atoms with van der Waals surface area (Å²) in [4.78, 5) is 15.1. The van der Waals surface area contributed by atoms with Crippen molar-refractivity contribution in [1.82, 2.24) is 0 Å². The van der Waals surface area contributed by atoms with E-state index in [0.29, 0.717) is 19.6 Å². The van der Waals surface area contributed by atoms with Gasteiger partial charge in [0, 0.05) is 12.0 Å². The van der Waals surface area contributed by atoms with Crippen LogP contribution in [0, 0.1) is 5.41 Å². The Morgan fingerprint density at radius 2 is 2.00 bits per heavy atom. The van der Waals surface area contributed by atoms with Crippen molar-refractivity contribution >= 4 is 5.97 Å². The smallest absolute Gasteiger partial charge is 0.311 e. The van der Waals surface area contributed by atoms with Crippen molar-refractivity contribution in [3.8, 4) is 0 Å². The van der Waals surface area contributed by atoms with Gasteiger partial charge in [-0.3, -0.25) is 4.79 Å². The molecule has 2 unspecified atom stereocenters. The van der Waals surface area contributed by atoms with Gasteiger partial charge in [0.2, 0.25) is 0 Å². The predicted molar refractivity (Wildman–Crippen MR) is 93.6 cm³/mol. The molecule has 0 aliphatic carbocycles. The van der Waals surface area contributed by atoms with Crippen LogP contribution in [0.1, 0.15) is 50.7 Å². The number of carbonyl (C=O) groups excluding carboxylic acids is 1. The first-order valence-corrected chi connectivity index (χ1v) is 8.22. The number of hydrogen-bond donors (Lipinski definition) is 0. The van der Waals surface area contributed by atoms with Gasteiger partial charge in [-0.2, -0.15) is 0 Å².